The second kappa shape index (κ2) is 6.36. The van der Waals surface area contributed by atoms with Gasteiger partial charge in [-0.2, -0.15) is 0 Å². The van der Waals surface area contributed by atoms with Gasteiger partial charge in [-0.05, 0) is 43.0 Å². The van der Waals surface area contributed by atoms with E-state index >= 15 is 0 Å². The number of benzene rings is 1. The molecule has 0 radical (unpaired) electrons. The molecular weight excluding hydrogens is 250 g/mol. The van der Waals surface area contributed by atoms with Gasteiger partial charge in [-0.15, -0.1) is 11.3 Å². The summed E-state index contributed by atoms with van der Waals surface area (Å²) in [6, 6.07) is 13.8. The second-order valence-electron chi connectivity index (χ2n) is 5.45. The Morgan fingerprint density at radius 2 is 1.68 bits per heavy atom. The molecule has 1 aromatic heterocycles. The summed E-state index contributed by atoms with van der Waals surface area (Å²) in [4.78, 5) is 2.79. The lowest BCUT2D eigenvalue weighted by Gasteiger charge is -2.13. The Morgan fingerprint density at radius 1 is 1.00 bits per heavy atom. The van der Waals surface area contributed by atoms with Crippen molar-refractivity contribution < 1.29 is 0 Å². The van der Waals surface area contributed by atoms with Crippen LogP contribution in [0.2, 0.25) is 0 Å². The molecule has 1 heterocycles. The number of thiophene rings is 1. The average molecular weight is 273 g/mol. The van der Waals surface area contributed by atoms with Gasteiger partial charge in [-0.1, -0.05) is 38.1 Å². The molecule has 0 fully saturated rings. The third-order valence-electron chi connectivity index (χ3n) is 3.45. The minimum Gasteiger partial charge on any atom is -0.305 e. The van der Waals surface area contributed by atoms with Gasteiger partial charge in [0.1, 0.15) is 0 Å². The van der Waals surface area contributed by atoms with Crippen LogP contribution in [-0.4, -0.2) is 0 Å². The molecule has 1 nitrogen and oxygen atoms in total. The molecule has 2 heteroatoms. The SMILES string of the molecule is Cc1ccc(C(C)NCc2ccc(C(C)C)cc2)s1. The van der Waals surface area contributed by atoms with Gasteiger partial charge in [0, 0.05) is 22.3 Å². The molecule has 0 saturated carbocycles. The van der Waals surface area contributed by atoms with Gasteiger partial charge >= 0.3 is 0 Å². The number of rotatable bonds is 5. The molecule has 0 bridgehead atoms. The van der Waals surface area contributed by atoms with E-state index in [9.17, 15) is 0 Å². The van der Waals surface area contributed by atoms with E-state index in [0.717, 1.165) is 6.54 Å². The molecule has 1 unspecified atom stereocenters. The summed E-state index contributed by atoms with van der Waals surface area (Å²) in [6.07, 6.45) is 0. The number of aryl methyl sites for hydroxylation is 1. The van der Waals surface area contributed by atoms with Crippen molar-refractivity contribution in [2.24, 2.45) is 0 Å². The zero-order valence-corrected chi connectivity index (χ0v) is 13.1. The van der Waals surface area contributed by atoms with Crippen molar-refractivity contribution in [3.8, 4) is 0 Å². The summed E-state index contributed by atoms with van der Waals surface area (Å²) in [5.74, 6) is 0.607. The van der Waals surface area contributed by atoms with E-state index in [-0.39, 0.29) is 0 Å². The third-order valence-corrected chi connectivity index (χ3v) is 4.63. The first-order valence-corrected chi connectivity index (χ1v) is 7.76. The first-order chi connectivity index (χ1) is 9.06. The van der Waals surface area contributed by atoms with Gasteiger partial charge in [0.2, 0.25) is 0 Å². The zero-order valence-electron chi connectivity index (χ0n) is 12.2. The third kappa shape index (κ3) is 3.92. The van der Waals surface area contributed by atoms with E-state index in [1.54, 1.807) is 0 Å². The molecule has 0 amide bonds. The Morgan fingerprint density at radius 3 is 2.21 bits per heavy atom. The van der Waals surface area contributed by atoms with Crippen LogP contribution in [0.15, 0.2) is 36.4 Å². The fourth-order valence-electron chi connectivity index (χ4n) is 2.08. The standard InChI is InChI=1S/C17H23NS/c1-12(2)16-8-6-15(7-9-16)11-18-14(4)17-10-5-13(3)19-17/h5-10,12,14,18H,11H2,1-4H3. The molecule has 1 atom stereocenters. The maximum atomic E-state index is 3.59. The summed E-state index contributed by atoms with van der Waals surface area (Å²) >= 11 is 1.87. The summed E-state index contributed by atoms with van der Waals surface area (Å²) in [7, 11) is 0. The van der Waals surface area contributed by atoms with E-state index in [0.29, 0.717) is 12.0 Å². The van der Waals surface area contributed by atoms with Crippen molar-refractivity contribution in [1.29, 1.82) is 0 Å². The summed E-state index contributed by atoms with van der Waals surface area (Å²) in [5, 5.41) is 3.59. The van der Waals surface area contributed by atoms with Gasteiger partial charge in [0.25, 0.3) is 0 Å². The molecule has 1 N–H and O–H groups in total. The fraction of sp³-hybridized carbons (Fsp3) is 0.412. The van der Waals surface area contributed by atoms with Crippen molar-refractivity contribution in [2.45, 2.75) is 46.2 Å². The summed E-state index contributed by atoms with van der Waals surface area (Å²) < 4.78 is 0. The lowest BCUT2D eigenvalue weighted by atomic mass is 10.0. The number of hydrogen-bond donors (Lipinski definition) is 1. The average Bonchev–Trinajstić information content (AvgIpc) is 2.83. The number of nitrogens with one attached hydrogen (secondary N) is 1. The minimum absolute atomic E-state index is 0.420. The summed E-state index contributed by atoms with van der Waals surface area (Å²) in [5.41, 5.74) is 2.76. The highest BCUT2D eigenvalue weighted by Gasteiger charge is 2.07. The molecule has 0 aliphatic rings. The Labute approximate surface area is 120 Å². The fourth-order valence-corrected chi connectivity index (χ4v) is 2.98. The highest BCUT2D eigenvalue weighted by atomic mass is 32.1. The van der Waals surface area contributed by atoms with Crippen LogP contribution in [0.5, 0.6) is 0 Å². The zero-order chi connectivity index (χ0) is 13.8. The normalized spacial score (nSPS) is 12.9. The Hall–Kier alpha value is -1.12. The second-order valence-corrected chi connectivity index (χ2v) is 6.77. The maximum absolute atomic E-state index is 3.59. The van der Waals surface area contributed by atoms with Gasteiger partial charge in [-0.25, -0.2) is 0 Å². The van der Waals surface area contributed by atoms with Crippen LogP contribution in [0.25, 0.3) is 0 Å². The van der Waals surface area contributed by atoms with Crippen LogP contribution in [0, 0.1) is 6.92 Å². The van der Waals surface area contributed by atoms with E-state index in [2.05, 4.69) is 69.4 Å². The monoisotopic (exact) mass is 273 g/mol. The van der Waals surface area contributed by atoms with Crippen LogP contribution in [-0.2, 0) is 6.54 Å². The molecular formula is C17H23NS. The van der Waals surface area contributed by atoms with Crippen molar-refractivity contribution in [3.05, 3.63) is 57.3 Å². The summed E-state index contributed by atoms with van der Waals surface area (Å²) in [6.45, 7) is 9.78. The topological polar surface area (TPSA) is 12.0 Å². The Bertz CT molecular complexity index is 510. The van der Waals surface area contributed by atoms with Gasteiger partial charge < -0.3 is 5.32 Å². The molecule has 2 aromatic rings. The van der Waals surface area contributed by atoms with Gasteiger partial charge in [-0.3, -0.25) is 0 Å². The lowest BCUT2D eigenvalue weighted by Crippen LogP contribution is -2.17. The molecule has 1 aromatic carbocycles. The van der Waals surface area contributed by atoms with Crippen molar-refractivity contribution in [2.75, 3.05) is 0 Å². The van der Waals surface area contributed by atoms with E-state index in [4.69, 9.17) is 0 Å². The van der Waals surface area contributed by atoms with Crippen LogP contribution in [0.4, 0.5) is 0 Å². The van der Waals surface area contributed by atoms with Gasteiger partial charge in [0.15, 0.2) is 0 Å². The predicted molar refractivity (Wildman–Crippen MR) is 84.8 cm³/mol. The highest BCUT2D eigenvalue weighted by molar-refractivity contribution is 7.12. The predicted octanol–water partition coefficient (Wildman–Crippen LogP) is 5.03. The quantitative estimate of drug-likeness (QED) is 0.805. The van der Waals surface area contributed by atoms with Crippen LogP contribution in [0.3, 0.4) is 0 Å². The van der Waals surface area contributed by atoms with Crippen LogP contribution in [0.1, 0.15) is 53.6 Å². The van der Waals surface area contributed by atoms with Crippen molar-refractivity contribution in [3.63, 3.8) is 0 Å². The van der Waals surface area contributed by atoms with Crippen molar-refractivity contribution in [1.82, 2.24) is 5.32 Å². The van der Waals surface area contributed by atoms with Gasteiger partial charge in [0.05, 0.1) is 0 Å². The molecule has 0 aliphatic carbocycles. The number of hydrogen-bond acceptors (Lipinski definition) is 2. The first kappa shape index (κ1) is 14.3. The highest BCUT2D eigenvalue weighted by Crippen LogP contribution is 2.22. The minimum atomic E-state index is 0.420. The molecule has 2 rings (SSSR count). The first-order valence-electron chi connectivity index (χ1n) is 6.95. The van der Waals surface area contributed by atoms with Crippen molar-refractivity contribution >= 4 is 11.3 Å². The molecule has 0 aliphatic heterocycles. The maximum Gasteiger partial charge on any atom is 0.0388 e. The Kier molecular flexibility index (Phi) is 4.78. The molecule has 102 valence electrons. The van der Waals surface area contributed by atoms with Crippen LogP contribution >= 0.6 is 11.3 Å². The van der Waals surface area contributed by atoms with Crippen LogP contribution < -0.4 is 5.32 Å². The Balaban J connectivity index is 1.91. The molecule has 0 saturated heterocycles. The molecule has 19 heavy (non-hydrogen) atoms. The lowest BCUT2D eigenvalue weighted by molar-refractivity contribution is 0.583. The largest absolute Gasteiger partial charge is 0.305 e. The van der Waals surface area contributed by atoms with E-state index < -0.39 is 0 Å². The van der Waals surface area contributed by atoms with E-state index in [1.807, 2.05) is 11.3 Å². The molecule has 0 spiro atoms. The van der Waals surface area contributed by atoms with E-state index in [1.165, 1.54) is 20.9 Å². The smallest absolute Gasteiger partial charge is 0.0388 e.